The van der Waals surface area contributed by atoms with Gasteiger partial charge in [0.05, 0.1) is 18.6 Å². The van der Waals surface area contributed by atoms with Gasteiger partial charge in [0.25, 0.3) is 5.56 Å². The first-order chi connectivity index (χ1) is 8.98. The van der Waals surface area contributed by atoms with Crippen molar-refractivity contribution in [3.63, 3.8) is 0 Å². The van der Waals surface area contributed by atoms with E-state index in [1.165, 1.54) is 11.7 Å². The Kier molecular flexibility index (Phi) is 3.62. The molecule has 6 nitrogen and oxygen atoms in total. The molecule has 0 radical (unpaired) electrons. The lowest BCUT2D eigenvalue weighted by atomic mass is 10.1. The predicted octanol–water partition coefficient (Wildman–Crippen LogP) is 0.478. The number of aromatic nitrogens is 1. The normalized spacial score (nSPS) is 18.7. The van der Waals surface area contributed by atoms with Gasteiger partial charge in [0.2, 0.25) is 0 Å². The molecule has 1 aromatic rings. The predicted molar refractivity (Wildman–Crippen MR) is 68.9 cm³/mol. The molecule has 102 valence electrons. The first-order valence-corrected chi connectivity index (χ1v) is 7.70. The molecule has 1 aromatic heterocycles. The van der Waals surface area contributed by atoms with Crippen molar-refractivity contribution in [2.75, 3.05) is 18.6 Å². The van der Waals surface area contributed by atoms with Crippen molar-refractivity contribution >= 4 is 9.84 Å². The third-order valence-electron chi connectivity index (χ3n) is 3.33. The lowest BCUT2D eigenvalue weighted by molar-refractivity contribution is 0.401. The van der Waals surface area contributed by atoms with E-state index in [1.807, 2.05) is 6.07 Å². The standard InChI is InChI=1S/C12H14N2O4S/c1-18-11-2-5-14(12(15)10(11)8-13)9-3-6-19(16,17)7-4-9/h2,5,9H,3-4,6-7H2,1H3. The van der Waals surface area contributed by atoms with Gasteiger partial charge in [0.15, 0.2) is 5.56 Å². The Morgan fingerprint density at radius 1 is 1.42 bits per heavy atom. The van der Waals surface area contributed by atoms with Gasteiger partial charge in [-0.05, 0) is 18.9 Å². The summed E-state index contributed by atoms with van der Waals surface area (Å²) in [6, 6.07) is 3.22. The SMILES string of the molecule is COc1ccn(C2CCS(=O)(=O)CC2)c(=O)c1C#N. The number of rotatable bonds is 2. The zero-order valence-electron chi connectivity index (χ0n) is 10.5. The zero-order chi connectivity index (χ0) is 14.0. The van der Waals surface area contributed by atoms with Crippen molar-refractivity contribution in [1.29, 1.82) is 5.26 Å². The number of ether oxygens (including phenoxy) is 1. The van der Waals surface area contributed by atoms with Crippen LogP contribution in [-0.2, 0) is 9.84 Å². The monoisotopic (exact) mass is 282 g/mol. The summed E-state index contributed by atoms with van der Waals surface area (Å²) in [7, 11) is -1.57. The molecule has 0 spiro atoms. The lowest BCUT2D eigenvalue weighted by Gasteiger charge is -2.24. The Labute approximate surface area is 111 Å². The van der Waals surface area contributed by atoms with E-state index < -0.39 is 15.4 Å². The van der Waals surface area contributed by atoms with Crippen LogP contribution in [0, 0.1) is 11.3 Å². The number of nitriles is 1. The first kappa shape index (κ1) is 13.6. The fraction of sp³-hybridized carbons (Fsp3) is 0.500. The van der Waals surface area contributed by atoms with Crippen molar-refractivity contribution in [2.45, 2.75) is 18.9 Å². The lowest BCUT2D eigenvalue weighted by Crippen LogP contribution is -2.32. The second-order valence-electron chi connectivity index (χ2n) is 4.47. The summed E-state index contributed by atoms with van der Waals surface area (Å²) in [5.41, 5.74) is -0.468. The van der Waals surface area contributed by atoms with Gasteiger partial charge in [-0.3, -0.25) is 4.79 Å². The average molecular weight is 282 g/mol. The van der Waals surface area contributed by atoms with E-state index in [1.54, 1.807) is 12.3 Å². The Balaban J connectivity index is 2.38. The summed E-state index contributed by atoms with van der Waals surface area (Å²) in [4.78, 5) is 12.2. The Morgan fingerprint density at radius 3 is 2.58 bits per heavy atom. The molecular weight excluding hydrogens is 268 g/mol. The highest BCUT2D eigenvalue weighted by Gasteiger charge is 2.26. The fourth-order valence-electron chi connectivity index (χ4n) is 2.25. The second kappa shape index (κ2) is 5.05. The van der Waals surface area contributed by atoms with Crippen LogP contribution >= 0.6 is 0 Å². The summed E-state index contributed by atoms with van der Waals surface area (Å²) >= 11 is 0. The average Bonchev–Trinajstić information content (AvgIpc) is 2.39. The molecular formula is C12H14N2O4S. The smallest absolute Gasteiger partial charge is 0.272 e. The van der Waals surface area contributed by atoms with Gasteiger partial charge < -0.3 is 9.30 Å². The maximum Gasteiger partial charge on any atom is 0.272 e. The van der Waals surface area contributed by atoms with Crippen LogP contribution in [0.2, 0.25) is 0 Å². The van der Waals surface area contributed by atoms with Gasteiger partial charge in [-0.2, -0.15) is 5.26 Å². The van der Waals surface area contributed by atoms with Gasteiger partial charge >= 0.3 is 0 Å². The third kappa shape index (κ3) is 2.63. The Bertz CT molecular complexity index is 671. The van der Waals surface area contributed by atoms with Crippen molar-refractivity contribution in [3.05, 3.63) is 28.2 Å². The second-order valence-corrected chi connectivity index (χ2v) is 6.77. The van der Waals surface area contributed by atoms with Crippen LogP contribution in [-0.4, -0.2) is 31.6 Å². The molecule has 1 aliphatic heterocycles. The van der Waals surface area contributed by atoms with E-state index in [4.69, 9.17) is 10.00 Å². The maximum atomic E-state index is 12.2. The van der Waals surface area contributed by atoms with Crippen molar-refractivity contribution in [1.82, 2.24) is 4.57 Å². The zero-order valence-corrected chi connectivity index (χ0v) is 11.3. The van der Waals surface area contributed by atoms with E-state index in [9.17, 15) is 13.2 Å². The van der Waals surface area contributed by atoms with Crippen LogP contribution in [0.4, 0.5) is 0 Å². The van der Waals surface area contributed by atoms with Crippen LogP contribution in [0.1, 0.15) is 24.4 Å². The minimum absolute atomic E-state index is 0.0431. The van der Waals surface area contributed by atoms with Crippen LogP contribution in [0.15, 0.2) is 17.1 Å². The topological polar surface area (TPSA) is 89.2 Å². The molecule has 0 N–H and O–H groups in total. The molecule has 0 aliphatic carbocycles. The number of nitrogens with zero attached hydrogens (tertiary/aromatic N) is 2. The van der Waals surface area contributed by atoms with Gasteiger partial charge in [-0.25, -0.2) is 8.42 Å². The number of sulfone groups is 1. The minimum atomic E-state index is -2.97. The van der Waals surface area contributed by atoms with E-state index in [0.29, 0.717) is 12.8 Å². The molecule has 7 heteroatoms. The van der Waals surface area contributed by atoms with E-state index in [2.05, 4.69) is 0 Å². The maximum absolute atomic E-state index is 12.2. The molecule has 2 heterocycles. The minimum Gasteiger partial charge on any atom is -0.495 e. The van der Waals surface area contributed by atoms with Crippen molar-refractivity contribution < 1.29 is 13.2 Å². The molecule has 0 saturated carbocycles. The quantitative estimate of drug-likeness (QED) is 0.787. The van der Waals surface area contributed by atoms with E-state index >= 15 is 0 Å². The highest BCUT2D eigenvalue weighted by molar-refractivity contribution is 7.91. The largest absolute Gasteiger partial charge is 0.495 e. The van der Waals surface area contributed by atoms with Gasteiger partial charge in [0, 0.05) is 12.2 Å². The summed E-state index contributed by atoms with van der Waals surface area (Å²) in [5, 5.41) is 9.00. The summed E-state index contributed by atoms with van der Waals surface area (Å²) < 4.78 is 29.2. The summed E-state index contributed by atoms with van der Waals surface area (Å²) in [6.45, 7) is 0. The van der Waals surface area contributed by atoms with Gasteiger partial charge in [0.1, 0.15) is 21.7 Å². The number of hydrogen-bond donors (Lipinski definition) is 0. The molecule has 0 aromatic carbocycles. The van der Waals surface area contributed by atoms with Gasteiger partial charge in [-0.15, -0.1) is 0 Å². The van der Waals surface area contributed by atoms with E-state index in [-0.39, 0.29) is 28.9 Å². The molecule has 0 unspecified atom stereocenters. The van der Waals surface area contributed by atoms with Crippen LogP contribution in [0.5, 0.6) is 5.75 Å². The third-order valence-corrected chi connectivity index (χ3v) is 5.05. The molecule has 1 fully saturated rings. The Hall–Kier alpha value is -1.81. The molecule has 2 rings (SSSR count). The molecule has 19 heavy (non-hydrogen) atoms. The van der Waals surface area contributed by atoms with Crippen LogP contribution in [0.25, 0.3) is 0 Å². The number of pyridine rings is 1. The molecule has 0 bridgehead atoms. The highest BCUT2D eigenvalue weighted by atomic mass is 32.2. The van der Waals surface area contributed by atoms with E-state index in [0.717, 1.165) is 0 Å². The van der Waals surface area contributed by atoms with Crippen LogP contribution in [0.3, 0.4) is 0 Å². The molecule has 1 saturated heterocycles. The highest BCUT2D eigenvalue weighted by Crippen LogP contribution is 2.24. The summed E-state index contributed by atoms with van der Waals surface area (Å²) in [5.74, 6) is 0.406. The van der Waals surface area contributed by atoms with Crippen molar-refractivity contribution in [3.8, 4) is 11.8 Å². The number of methoxy groups -OCH3 is 1. The molecule has 0 atom stereocenters. The Morgan fingerprint density at radius 2 is 2.05 bits per heavy atom. The molecule has 0 amide bonds. The first-order valence-electron chi connectivity index (χ1n) is 5.88. The fourth-order valence-corrected chi connectivity index (χ4v) is 3.72. The molecule has 1 aliphatic rings. The van der Waals surface area contributed by atoms with Gasteiger partial charge in [-0.1, -0.05) is 0 Å². The van der Waals surface area contributed by atoms with Crippen molar-refractivity contribution in [2.24, 2.45) is 0 Å². The van der Waals surface area contributed by atoms with Crippen LogP contribution < -0.4 is 10.3 Å². The number of hydrogen-bond acceptors (Lipinski definition) is 5. The summed E-state index contributed by atoms with van der Waals surface area (Å²) in [6.07, 6.45) is 2.36.